The van der Waals surface area contributed by atoms with Gasteiger partial charge in [0, 0.05) is 24.7 Å². The summed E-state index contributed by atoms with van der Waals surface area (Å²) in [4.78, 5) is 38.4. The van der Waals surface area contributed by atoms with Crippen LogP contribution in [-0.4, -0.2) is 48.9 Å². The predicted molar refractivity (Wildman–Crippen MR) is 120 cm³/mol. The van der Waals surface area contributed by atoms with E-state index in [9.17, 15) is 14.4 Å². The molecule has 0 bridgehead atoms. The summed E-state index contributed by atoms with van der Waals surface area (Å²) in [7, 11) is 1.56. The Hall–Kier alpha value is -3.72. The van der Waals surface area contributed by atoms with E-state index in [-0.39, 0.29) is 31.0 Å². The molecule has 8 nitrogen and oxygen atoms in total. The minimum Gasteiger partial charge on any atom is -0.496 e. The van der Waals surface area contributed by atoms with E-state index in [1.165, 1.54) is 6.08 Å². The van der Waals surface area contributed by atoms with Crippen LogP contribution in [0.5, 0.6) is 17.2 Å². The second-order valence-corrected chi connectivity index (χ2v) is 7.81. The first kappa shape index (κ1) is 21.5. The van der Waals surface area contributed by atoms with Gasteiger partial charge < -0.3 is 19.5 Å². The number of imide groups is 1. The third kappa shape index (κ3) is 4.78. The van der Waals surface area contributed by atoms with Gasteiger partial charge in [-0.15, -0.1) is 0 Å². The Morgan fingerprint density at radius 3 is 2.84 bits per heavy atom. The Morgan fingerprint density at radius 2 is 2.00 bits per heavy atom. The maximum absolute atomic E-state index is 12.6. The number of carbonyl (C=O) groups is 3. The van der Waals surface area contributed by atoms with Crippen molar-refractivity contribution in [3.8, 4) is 17.2 Å². The molecule has 1 saturated heterocycles. The van der Waals surface area contributed by atoms with Crippen LogP contribution in [0.4, 0.5) is 4.79 Å². The number of para-hydroxylation sites is 1. The maximum Gasteiger partial charge on any atom is 0.293 e. The Labute approximate surface area is 188 Å². The molecule has 1 N–H and O–H groups in total. The number of methoxy groups -OCH3 is 1. The van der Waals surface area contributed by atoms with Crippen LogP contribution >= 0.6 is 11.8 Å². The molecule has 32 heavy (non-hydrogen) atoms. The third-order valence-corrected chi connectivity index (χ3v) is 5.66. The van der Waals surface area contributed by atoms with Gasteiger partial charge in [-0.2, -0.15) is 0 Å². The first-order chi connectivity index (χ1) is 15.5. The van der Waals surface area contributed by atoms with Crippen LogP contribution in [0.2, 0.25) is 0 Å². The maximum atomic E-state index is 12.6. The average Bonchev–Trinajstić information content (AvgIpc) is 3.37. The minimum atomic E-state index is -0.392. The van der Waals surface area contributed by atoms with Gasteiger partial charge in [0.05, 0.1) is 12.0 Å². The Bertz CT molecular complexity index is 1130. The number of benzene rings is 2. The van der Waals surface area contributed by atoms with Gasteiger partial charge in [0.25, 0.3) is 11.1 Å². The van der Waals surface area contributed by atoms with Gasteiger partial charge in [0.1, 0.15) is 5.75 Å². The molecular weight excluding hydrogens is 432 g/mol. The average molecular weight is 452 g/mol. The molecule has 0 unspecified atom stereocenters. The Balaban J connectivity index is 1.32. The van der Waals surface area contributed by atoms with Crippen LogP contribution in [0.1, 0.15) is 11.1 Å². The van der Waals surface area contributed by atoms with E-state index in [4.69, 9.17) is 14.2 Å². The molecule has 164 valence electrons. The molecule has 0 saturated carbocycles. The summed E-state index contributed by atoms with van der Waals surface area (Å²) in [5, 5.41) is 2.31. The molecule has 2 heterocycles. The normalized spacial score (nSPS) is 16.3. The molecule has 2 aliphatic rings. The number of hydrogen-bond acceptors (Lipinski definition) is 7. The first-order valence-corrected chi connectivity index (χ1v) is 10.6. The number of thioether (sulfide) groups is 1. The highest BCUT2D eigenvalue weighted by atomic mass is 32.2. The van der Waals surface area contributed by atoms with Gasteiger partial charge in [-0.05, 0) is 47.7 Å². The fourth-order valence-corrected chi connectivity index (χ4v) is 4.03. The van der Waals surface area contributed by atoms with E-state index in [2.05, 4.69) is 5.32 Å². The van der Waals surface area contributed by atoms with Crippen molar-refractivity contribution in [2.75, 3.05) is 27.0 Å². The number of amides is 3. The molecular formula is C23H20N2O6S. The lowest BCUT2D eigenvalue weighted by molar-refractivity contribution is -0.123. The van der Waals surface area contributed by atoms with Crippen molar-refractivity contribution in [2.24, 2.45) is 0 Å². The van der Waals surface area contributed by atoms with Crippen LogP contribution in [-0.2, 0) is 9.59 Å². The molecule has 2 aromatic rings. The van der Waals surface area contributed by atoms with E-state index in [0.717, 1.165) is 27.8 Å². The zero-order valence-corrected chi connectivity index (χ0v) is 18.0. The zero-order chi connectivity index (χ0) is 22.5. The molecule has 0 aromatic heterocycles. The zero-order valence-electron chi connectivity index (χ0n) is 17.2. The van der Waals surface area contributed by atoms with Crippen molar-refractivity contribution in [2.45, 2.75) is 0 Å². The molecule has 0 radical (unpaired) electrons. The summed E-state index contributed by atoms with van der Waals surface area (Å²) in [5.74, 6) is 1.17. The molecule has 0 aliphatic carbocycles. The number of nitrogens with one attached hydrogen (secondary N) is 1. The summed E-state index contributed by atoms with van der Waals surface area (Å²) in [6.45, 7) is 0.386. The number of rotatable bonds is 7. The second-order valence-electron chi connectivity index (χ2n) is 6.81. The summed E-state index contributed by atoms with van der Waals surface area (Å²) in [6.07, 6.45) is 4.66. The highest BCUT2D eigenvalue weighted by molar-refractivity contribution is 8.18. The second kappa shape index (κ2) is 9.61. The number of fused-ring (bicyclic) bond motifs is 1. The monoisotopic (exact) mass is 452 g/mol. The van der Waals surface area contributed by atoms with Crippen molar-refractivity contribution in [1.29, 1.82) is 0 Å². The lowest BCUT2D eigenvalue weighted by Gasteiger charge is -2.12. The van der Waals surface area contributed by atoms with Crippen molar-refractivity contribution in [1.82, 2.24) is 10.2 Å². The quantitative estimate of drug-likeness (QED) is 0.644. The highest BCUT2D eigenvalue weighted by Crippen LogP contribution is 2.36. The van der Waals surface area contributed by atoms with Crippen molar-refractivity contribution < 1.29 is 28.6 Å². The van der Waals surface area contributed by atoms with E-state index in [1.54, 1.807) is 43.5 Å². The van der Waals surface area contributed by atoms with Gasteiger partial charge in [0.2, 0.25) is 12.7 Å². The topological polar surface area (TPSA) is 94.2 Å². The number of carbonyl (C=O) groups excluding carboxylic acids is 3. The fraction of sp³-hybridized carbons (Fsp3) is 0.174. The molecule has 4 rings (SSSR count). The molecule has 2 aliphatic heterocycles. The smallest absolute Gasteiger partial charge is 0.293 e. The van der Waals surface area contributed by atoms with Crippen molar-refractivity contribution >= 4 is 41.0 Å². The van der Waals surface area contributed by atoms with Gasteiger partial charge in [-0.1, -0.05) is 24.3 Å². The minimum absolute atomic E-state index is 0.0807. The van der Waals surface area contributed by atoms with Gasteiger partial charge in [-0.3, -0.25) is 19.3 Å². The lowest BCUT2D eigenvalue weighted by atomic mass is 10.2. The van der Waals surface area contributed by atoms with Gasteiger partial charge in [-0.25, -0.2) is 0 Å². The number of hydrogen-bond donors (Lipinski definition) is 1. The Kier molecular flexibility index (Phi) is 6.46. The van der Waals surface area contributed by atoms with E-state index >= 15 is 0 Å². The number of nitrogens with zero attached hydrogens (tertiary/aromatic N) is 1. The fourth-order valence-electron chi connectivity index (χ4n) is 3.17. The molecule has 1 fully saturated rings. The SMILES string of the molecule is COc1ccccc1/C=C/C(=O)NCCN1C(=O)S/C(=C\c2ccc3c(c2)OCO3)C1=O. The molecule has 0 atom stereocenters. The summed E-state index contributed by atoms with van der Waals surface area (Å²) in [6, 6.07) is 12.6. The highest BCUT2D eigenvalue weighted by Gasteiger charge is 2.34. The summed E-state index contributed by atoms with van der Waals surface area (Å²) >= 11 is 0.866. The molecule has 0 spiro atoms. The third-order valence-electron chi connectivity index (χ3n) is 4.76. The van der Waals surface area contributed by atoms with Crippen LogP contribution in [0.3, 0.4) is 0 Å². The number of ether oxygens (including phenoxy) is 3. The molecule has 2 aromatic carbocycles. The van der Waals surface area contributed by atoms with Gasteiger partial charge in [0.15, 0.2) is 11.5 Å². The van der Waals surface area contributed by atoms with Crippen molar-refractivity contribution in [3.63, 3.8) is 0 Å². The first-order valence-electron chi connectivity index (χ1n) is 9.79. The van der Waals surface area contributed by atoms with E-state index < -0.39 is 5.91 Å². The van der Waals surface area contributed by atoms with E-state index in [0.29, 0.717) is 22.2 Å². The van der Waals surface area contributed by atoms with Crippen LogP contribution in [0, 0.1) is 0 Å². The largest absolute Gasteiger partial charge is 0.496 e. The van der Waals surface area contributed by atoms with Crippen LogP contribution < -0.4 is 19.5 Å². The van der Waals surface area contributed by atoms with Crippen molar-refractivity contribution in [3.05, 3.63) is 64.6 Å². The molecule has 3 amide bonds. The molecule has 9 heteroatoms. The lowest BCUT2D eigenvalue weighted by Crippen LogP contribution is -2.36. The Morgan fingerprint density at radius 1 is 1.19 bits per heavy atom. The predicted octanol–water partition coefficient (Wildman–Crippen LogP) is 3.29. The van der Waals surface area contributed by atoms with Crippen LogP contribution in [0.25, 0.3) is 12.2 Å². The van der Waals surface area contributed by atoms with Gasteiger partial charge >= 0.3 is 0 Å². The van der Waals surface area contributed by atoms with Crippen LogP contribution in [0.15, 0.2) is 53.4 Å². The summed E-state index contributed by atoms with van der Waals surface area (Å²) in [5.41, 5.74) is 1.50. The summed E-state index contributed by atoms with van der Waals surface area (Å²) < 4.78 is 15.8. The standard InChI is InChI=1S/C23H20N2O6S/c1-29-17-5-3-2-4-16(17)7-9-21(26)24-10-11-25-22(27)20(32-23(25)28)13-15-6-8-18-19(12-15)31-14-30-18/h2-9,12-13H,10-11,14H2,1H3,(H,24,26)/b9-7+,20-13-. The van der Waals surface area contributed by atoms with E-state index in [1.807, 2.05) is 18.2 Å².